The number of nitrogens with one attached hydrogen (secondary N) is 2. The molecule has 0 radical (unpaired) electrons. The van der Waals surface area contributed by atoms with Gasteiger partial charge in [0.2, 0.25) is 0 Å². The highest BCUT2D eigenvalue weighted by Crippen LogP contribution is 2.16. The number of hydrogen-bond donors (Lipinski definition) is 2. The van der Waals surface area contributed by atoms with Crippen LogP contribution in [-0.2, 0) is 6.42 Å². The van der Waals surface area contributed by atoms with Crippen LogP contribution in [0.15, 0.2) is 78.9 Å². The van der Waals surface area contributed by atoms with Gasteiger partial charge in [0.25, 0.3) is 11.8 Å². The highest BCUT2D eigenvalue weighted by atomic mass is 16.5. The third kappa shape index (κ3) is 6.21. The summed E-state index contributed by atoms with van der Waals surface area (Å²) >= 11 is 0. The molecule has 0 aliphatic heterocycles. The van der Waals surface area contributed by atoms with Crippen LogP contribution < -0.4 is 15.4 Å². The van der Waals surface area contributed by atoms with Crippen LogP contribution in [0.3, 0.4) is 0 Å². The van der Waals surface area contributed by atoms with Crippen molar-refractivity contribution < 1.29 is 14.3 Å². The summed E-state index contributed by atoms with van der Waals surface area (Å²) in [5.41, 5.74) is 2.81. The van der Waals surface area contributed by atoms with E-state index >= 15 is 0 Å². The summed E-state index contributed by atoms with van der Waals surface area (Å²) < 4.78 is 5.76. The Morgan fingerprint density at radius 1 is 0.833 bits per heavy atom. The van der Waals surface area contributed by atoms with Gasteiger partial charge in [0.15, 0.2) is 0 Å². The molecule has 0 heterocycles. The predicted molar refractivity (Wildman–Crippen MR) is 119 cm³/mol. The molecule has 0 unspecified atom stereocenters. The number of carbonyl (C=O) groups excluding carboxylic acids is 2. The molecule has 5 heteroatoms. The molecule has 0 saturated heterocycles. The molecule has 0 bridgehead atoms. The van der Waals surface area contributed by atoms with Crippen molar-refractivity contribution in [3.05, 3.63) is 95.6 Å². The summed E-state index contributed by atoms with van der Waals surface area (Å²) in [6.07, 6.45) is 0.823. The normalized spacial score (nSPS) is 10.5. The van der Waals surface area contributed by atoms with Crippen LogP contribution in [0.5, 0.6) is 5.75 Å². The van der Waals surface area contributed by atoms with Crippen LogP contribution >= 0.6 is 0 Å². The van der Waals surface area contributed by atoms with Crippen LogP contribution in [0.2, 0.25) is 0 Å². The third-order valence-corrected chi connectivity index (χ3v) is 4.42. The quantitative estimate of drug-likeness (QED) is 0.574. The van der Waals surface area contributed by atoms with E-state index in [1.807, 2.05) is 32.0 Å². The van der Waals surface area contributed by atoms with Crippen molar-refractivity contribution in [1.82, 2.24) is 5.32 Å². The van der Waals surface area contributed by atoms with Gasteiger partial charge in [-0.2, -0.15) is 0 Å². The Hall–Kier alpha value is -3.60. The second-order valence-electron chi connectivity index (χ2n) is 7.27. The molecular weight excluding hydrogens is 376 g/mol. The van der Waals surface area contributed by atoms with Gasteiger partial charge < -0.3 is 15.4 Å². The lowest BCUT2D eigenvalue weighted by Gasteiger charge is -2.11. The molecule has 3 aromatic rings. The molecule has 0 aliphatic carbocycles. The van der Waals surface area contributed by atoms with E-state index in [-0.39, 0.29) is 17.9 Å². The molecule has 0 aliphatic rings. The molecule has 0 spiro atoms. The topological polar surface area (TPSA) is 67.4 Å². The van der Waals surface area contributed by atoms with Crippen molar-refractivity contribution in [2.45, 2.75) is 26.3 Å². The van der Waals surface area contributed by atoms with Gasteiger partial charge >= 0.3 is 0 Å². The molecule has 2 amide bonds. The van der Waals surface area contributed by atoms with Crippen LogP contribution in [-0.4, -0.2) is 24.5 Å². The lowest BCUT2D eigenvalue weighted by Crippen LogP contribution is -2.30. The molecule has 5 nitrogen and oxygen atoms in total. The van der Waals surface area contributed by atoms with Crippen LogP contribution in [0, 0.1) is 0 Å². The summed E-state index contributed by atoms with van der Waals surface area (Å²) in [6.45, 7) is 4.37. The maximum Gasteiger partial charge on any atom is 0.255 e. The van der Waals surface area contributed by atoms with Gasteiger partial charge in [-0.1, -0.05) is 36.4 Å². The molecule has 0 atom stereocenters. The third-order valence-electron chi connectivity index (χ3n) is 4.42. The van der Waals surface area contributed by atoms with Gasteiger partial charge in [-0.25, -0.2) is 0 Å². The maximum absolute atomic E-state index is 12.5. The molecule has 2 N–H and O–H groups in total. The number of ether oxygens (including phenoxy) is 1. The summed E-state index contributed by atoms with van der Waals surface area (Å²) in [5, 5.41) is 5.67. The van der Waals surface area contributed by atoms with Crippen molar-refractivity contribution >= 4 is 17.5 Å². The Kier molecular flexibility index (Phi) is 7.22. The minimum absolute atomic E-state index is 0.0455. The first-order valence-electron chi connectivity index (χ1n) is 10.0. The van der Waals surface area contributed by atoms with Crippen LogP contribution in [0.4, 0.5) is 5.69 Å². The maximum atomic E-state index is 12.5. The number of benzene rings is 3. The molecular formula is C25H26N2O3. The molecule has 3 rings (SSSR count). The average Bonchev–Trinajstić information content (AvgIpc) is 2.75. The number of carbonyl (C=O) groups is 2. The minimum atomic E-state index is -0.243. The Balaban J connectivity index is 1.55. The molecule has 154 valence electrons. The van der Waals surface area contributed by atoms with Gasteiger partial charge in [-0.15, -0.1) is 0 Å². The van der Waals surface area contributed by atoms with E-state index in [2.05, 4.69) is 22.8 Å². The summed E-state index contributed by atoms with van der Waals surface area (Å²) in [7, 11) is 0. The van der Waals surface area contributed by atoms with E-state index in [1.54, 1.807) is 48.5 Å². The monoisotopic (exact) mass is 402 g/mol. The zero-order valence-electron chi connectivity index (χ0n) is 17.2. The Bertz CT molecular complexity index is 983. The number of anilines is 1. The van der Waals surface area contributed by atoms with Crippen LogP contribution in [0.25, 0.3) is 0 Å². The van der Waals surface area contributed by atoms with Gasteiger partial charge in [-0.3, -0.25) is 9.59 Å². The van der Waals surface area contributed by atoms with Gasteiger partial charge in [0, 0.05) is 29.3 Å². The van der Waals surface area contributed by atoms with Crippen molar-refractivity contribution in [2.24, 2.45) is 0 Å². The first-order chi connectivity index (χ1) is 14.5. The molecule has 0 aromatic heterocycles. The summed E-state index contributed by atoms with van der Waals surface area (Å²) in [6, 6.07) is 24.1. The Labute approximate surface area is 177 Å². The van der Waals surface area contributed by atoms with Crippen molar-refractivity contribution in [2.75, 3.05) is 11.9 Å². The number of hydrogen-bond acceptors (Lipinski definition) is 3. The predicted octanol–water partition coefficient (Wildman–Crippen LogP) is 4.70. The van der Waals surface area contributed by atoms with Crippen molar-refractivity contribution in [3.8, 4) is 5.75 Å². The molecule has 0 fully saturated rings. The van der Waals surface area contributed by atoms with Gasteiger partial charge in [0.05, 0.1) is 6.61 Å². The molecule has 30 heavy (non-hydrogen) atoms. The average molecular weight is 402 g/mol. The van der Waals surface area contributed by atoms with E-state index in [0.717, 1.165) is 12.2 Å². The number of amides is 2. The standard InChI is InChI=1S/C25H26N2O3/c1-18(2)26-25(29)21-9-6-10-22(17-21)27-24(28)20-11-13-23(14-12-20)30-16-15-19-7-4-3-5-8-19/h3-14,17-18H,15-16H2,1-2H3,(H,26,29)(H,27,28). The zero-order chi connectivity index (χ0) is 21.3. The smallest absolute Gasteiger partial charge is 0.255 e. The largest absolute Gasteiger partial charge is 0.493 e. The van der Waals surface area contributed by atoms with E-state index in [4.69, 9.17) is 4.74 Å². The second-order valence-corrected chi connectivity index (χ2v) is 7.27. The van der Waals surface area contributed by atoms with E-state index < -0.39 is 0 Å². The minimum Gasteiger partial charge on any atom is -0.493 e. The molecule has 0 saturated carbocycles. The zero-order valence-corrected chi connectivity index (χ0v) is 17.2. The van der Waals surface area contributed by atoms with E-state index in [1.165, 1.54) is 5.56 Å². The van der Waals surface area contributed by atoms with Crippen molar-refractivity contribution in [3.63, 3.8) is 0 Å². The summed E-state index contributed by atoms with van der Waals surface area (Å²) in [4.78, 5) is 24.7. The van der Waals surface area contributed by atoms with E-state index in [0.29, 0.717) is 23.4 Å². The Morgan fingerprint density at radius 2 is 1.57 bits per heavy atom. The number of rotatable bonds is 8. The SMILES string of the molecule is CC(C)NC(=O)c1cccc(NC(=O)c2ccc(OCCc3ccccc3)cc2)c1. The first kappa shape index (κ1) is 21.1. The molecule has 3 aromatic carbocycles. The van der Waals surface area contributed by atoms with Gasteiger partial charge in [-0.05, 0) is 61.9 Å². The van der Waals surface area contributed by atoms with Gasteiger partial charge in [0.1, 0.15) is 5.75 Å². The first-order valence-corrected chi connectivity index (χ1v) is 10.0. The highest BCUT2D eigenvalue weighted by Gasteiger charge is 2.10. The fourth-order valence-corrected chi connectivity index (χ4v) is 2.92. The van der Waals surface area contributed by atoms with Crippen molar-refractivity contribution in [1.29, 1.82) is 0 Å². The van der Waals surface area contributed by atoms with Crippen LogP contribution in [0.1, 0.15) is 40.1 Å². The fourth-order valence-electron chi connectivity index (χ4n) is 2.92. The van der Waals surface area contributed by atoms with E-state index in [9.17, 15) is 9.59 Å². The second kappa shape index (κ2) is 10.3. The lowest BCUT2D eigenvalue weighted by atomic mass is 10.1. The summed E-state index contributed by atoms with van der Waals surface area (Å²) in [5.74, 6) is 0.306. The lowest BCUT2D eigenvalue weighted by molar-refractivity contribution is 0.0941. The highest BCUT2D eigenvalue weighted by molar-refractivity contribution is 6.05. The Morgan fingerprint density at radius 3 is 2.27 bits per heavy atom. The fraction of sp³-hybridized carbons (Fsp3) is 0.200.